The van der Waals surface area contributed by atoms with Gasteiger partial charge in [0.2, 0.25) is 10.0 Å². The number of anilines is 1. The maximum Gasteiger partial charge on any atom is 0.246 e. The minimum absolute atomic E-state index is 0.00957. The Kier molecular flexibility index (Phi) is 3.82. The van der Waals surface area contributed by atoms with E-state index in [4.69, 9.17) is 5.73 Å². The molecule has 0 unspecified atom stereocenters. The van der Waals surface area contributed by atoms with Gasteiger partial charge in [-0.25, -0.2) is 13.1 Å². The van der Waals surface area contributed by atoms with Crippen molar-refractivity contribution < 1.29 is 8.42 Å². The van der Waals surface area contributed by atoms with Crippen molar-refractivity contribution in [1.82, 2.24) is 24.3 Å². The fourth-order valence-corrected chi connectivity index (χ4v) is 3.28. The van der Waals surface area contributed by atoms with Gasteiger partial charge in [0.15, 0.2) is 5.82 Å². The summed E-state index contributed by atoms with van der Waals surface area (Å²) in [5.41, 5.74) is 6.98. The van der Waals surface area contributed by atoms with Gasteiger partial charge in [0, 0.05) is 33.3 Å². The maximum atomic E-state index is 12.2. The smallest absolute Gasteiger partial charge is 0.246 e. The molecule has 2 aromatic heterocycles. The fraction of sp³-hybridized carbons (Fsp3) is 0.455. The largest absolute Gasteiger partial charge is 0.381 e. The molecule has 0 aliphatic heterocycles. The molecule has 20 heavy (non-hydrogen) atoms. The SMILES string of the molecule is Cc1c(S(=O)(=O)NCCc2ccn(C)n2)c(N)nn1C. The molecule has 0 bridgehead atoms. The predicted octanol–water partition coefficient (Wildman–Crippen LogP) is -0.435. The van der Waals surface area contributed by atoms with E-state index < -0.39 is 10.0 Å². The molecule has 0 radical (unpaired) electrons. The van der Waals surface area contributed by atoms with Gasteiger partial charge >= 0.3 is 0 Å². The molecule has 0 aliphatic carbocycles. The summed E-state index contributed by atoms with van der Waals surface area (Å²) in [4.78, 5) is 0.0426. The van der Waals surface area contributed by atoms with E-state index in [1.54, 1.807) is 18.7 Å². The number of aromatic nitrogens is 4. The van der Waals surface area contributed by atoms with Crippen molar-refractivity contribution in [2.45, 2.75) is 18.2 Å². The summed E-state index contributed by atoms with van der Waals surface area (Å²) in [6, 6.07) is 1.85. The molecule has 9 heteroatoms. The topological polar surface area (TPSA) is 108 Å². The summed E-state index contributed by atoms with van der Waals surface area (Å²) in [5.74, 6) is 0.00957. The summed E-state index contributed by atoms with van der Waals surface area (Å²) < 4.78 is 30.1. The van der Waals surface area contributed by atoms with Gasteiger partial charge in [0.1, 0.15) is 4.90 Å². The van der Waals surface area contributed by atoms with Gasteiger partial charge in [-0.1, -0.05) is 0 Å². The number of aryl methyl sites for hydroxylation is 2. The lowest BCUT2D eigenvalue weighted by Gasteiger charge is -2.06. The highest BCUT2D eigenvalue weighted by molar-refractivity contribution is 7.89. The first-order valence-corrected chi connectivity index (χ1v) is 7.57. The van der Waals surface area contributed by atoms with Crippen molar-refractivity contribution in [2.24, 2.45) is 14.1 Å². The highest BCUT2D eigenvalue weighted by Crippen LogP contribution is 2.20. The number of nitrogens with two attached hydrogens (primary N) is 1. The molecule has 0 saturated heterocycles. The van der Waals surface area contributed by atoms with E-state index in [1.165, 1.54) is 4.68 Å². The molecule has 2 rings (SSSR count). The lowest BCUT2D eigenvalue weighted by atomic mass is 10.3. The number of hydrogen-bond acceptors (Lipinski definition) is 5. The Morgan fingerprint density at radius 1 is 1.35 bits per heavy atom. The van der Waals surface area contributed by atoms with Crippen LogP contribution in [0.5, 0.6) is 0 Å². The molecule has 0 aromatic carbocycles. The van der Waals surface area contributed by atoms with Crippen molar-refractivity contribution in [2.75, 3.05) is 12.3 Å². The van der Waals surface area contributed by atoms with Crippen LogP contribution in [0.3, 0.4) is 0 Å². The molecule has 0 amide bonds. The Labute approximate surface area is 117 Å². The minimum Gasteiger partial charge on any atom is -0.381 e. The van der Waals surface area contributed by atoms with Crippen molar-refractivity contribution >= 4 is 15.8 Å². The minimum atomic E-state index is -3.66. The second kappa shape index (κ2) is 5.25. The van der Waals surface area contributed by atoms with Crippen molar-refractivity contribution in [3.05, 3.63) is 23.7 Å². The molecular weight excluding hydrogens is 280 g/mol. The van der Waals surface area contributed by atoms with E-state index in [9.17, 15) is 8.42 Å². The zero-order chi connectivity index (χ0) is 14.9. The maximum absolute atomic E-state index is 12.2. The van der Waals surface area contributed by atoms with Crippen LogP contribution in [-0.4, -0.2) is 34.5 Å². The zero-order valence-corrected chi connectivity index (χ0v) is 12.5. The summed E-state index contributed by atoms with van der Waals surface area (Å²) in [6.07, 6.45) is 2.33. The molecule has 0 saturated carbocycles. The van der Waals surface area contributed by atoms with E-state index in [-0.39, 0.29) is 17.3 Å². The summed E-state index contributed by atoms with van der Waals surface area (Å²) in [6.45, 7) is 1.92. The van der Waals surface area contributed by atoms with Gasteiger partial charge in [0.05, 0.1) is 11.4 Å². The monoisotopic (exact) mass is 298 g/mol. The molecule has 0 fully saturated rings. The van der Waals surface area contributed by atoms with E-state index >= 15 is 0 Å². The van der Waals surface area contributed by atoms with Crippen molar-refractivity contribution in [1.29, 1.82) is 0 Å². The average Bonchev–Trinajstić information content (AvgIpc) is 2.84. The number of nitrogens with zero attached hydrogens (tertiary/aromatic N) is 4. The lowest BCUT2D eigenvalue weighted by Crippen LogP contribution is -2.27. The van der Waals surface area contributed by atoms with Crippen LogP contribution >= 0.6 is 0 Å². The molecule has 0 atom stereocenters. The van der Waals surface area contributed by atoms with Crippen LogP contribution in [0.15, 0.2) is 17.2 Å². The van der Waals surface area contributed by atoms with Crippen LogP contribution < -0.4 is 10.5 Å². The van der Waals surface area contributed by atoms with E-state index in [0.29, 0.717) is 12.1 Å². The van der Waals surface area contributed by atoms with E-state index in [0.717, 1.165) is 5.69 Å². The molecule has 0 spiro atoms. The zero-order valence-electron chi connectivity index (χ0n) is 11.7. The molecule has 110 valence electrons. The average molecular weight is 298 g/mol. The molecule has 3 N–H and O–H groups in total. The number of hydrogen-bond donors (Lipinski definition) is 2. The van der Waals surface area contributed by atoms with Gasteiger partial charge in [-0.3, -0.25) is 9.36 Å². The van der Waals surface area contributed by atoms with Crippen LogP contribution in [0.4, 0.5) is 5.82 Å². The Morgan fingerprint density at radius 3 is 2.55 bits per heavy atom. The van der Waals surface area contributed by atoms with Gasteiger partial charge in [0.25, 0.3) is 0 Å². The second-order valence-corrected chi connectivity index (χ2v) is 6.26. The fourth-order valence-electron chi connectivity index (χ4n) is 1.93. The lowest BCUT2D eigenvalue weighted by molar-refractivity contribution is 0.580. The number of sulfonamides is 1. The number of nitrogens with one attached hydrogen (secondary N) is 1. The quantitative estimate of drug-likeness (QED) is 0.778. The van der Waals surface area contributed by atoms with Crippen LogP contribution in [0.1, 0.15) is 11.4 Å². The van der Waals surface area contributed by atoms with Crippen LogP contribution in [-0.2, 0) is 30.5 Å². The van der Waals surface area contributed by atoms with Crippen LogP contribution in [0, 0.1) is 6.92 Å². The molecular formula is C11H18N6O2S. The third-order valence-corrected chi connectivity index (χ3v) is 4.64. The number of rotatable bonds is 5. The van der Waals surface area contributed by atoms with Gasteiger partial charge < -0.3 is 5.73 Å². The van der Waals surface area contributed by atoms with Crippen LogP contribution in [0.2, 0.25) is 0 Å². The molecule has 8 nitrogen and oxygen atoms in total. The summed E-state index contributed by atoms with van der Waals surface area (Å²) in [7, 11) is -0.193. The Morgan fingerprint density at radius 2 is 2.05 bits per heavy atom. The first kappa shape index (κ1) is 14.5. The van der Waals surface area contributed by atoms with Gasteiger partial charge in [-0.05, 0) is 13.0 Å². The summed E-state index contributed by atoms with van der Waals surface area (Å²) in [5, 5.41) is 8.09. The first-order valence-electron chi connectivity index (χ1n) is 6.08. The standard InChI is InChI=1S/C11H18N6O2S/c1-8-10(11(12)15-17(8)3)20(18,19)13-6-4-9-5-7-16(2)14-9/h5,7,13H,4,6H2,1-3H3,(H2,12,15). The highest BCUT2D eigenvalue weighted by Gasteiger charge is 2.24. The van der Waals surface area contributed by atoms with E-state index in [1.807, 2.05) is 19.3 Å². The predicted molar refractivity (Wildman–Crippen MR) is 74.5 cm³/mol. The Bertz CT molecular complexity index is 715. The first-order chi connectivity index (χ1) is 9.31. The van der Waals surface area contributed by atoms with Gasteiger partial charge in [-0.15, -0.1) is 0 Å². The van der Waals surface area contributed by atoms with E-state index in [2.05, 4.69) is 14.9 Å². The number of nitrogen functional groups attached to an aromatic ring is 1. The van der Waals surface area contributed by atoms with Crippen molar-refractivity contribution in [3.8, 4) is 0 Å². The Hall–Kier alpha value is -1.87. The van der Waals surface area contributed by atoms with Crippen molar-refractivity contribution in [3.63, 3.8) is 0 Å². The molecule has 2 aromatic rings. The highest BCUT2D eigenvalue weighted by atomic mass is 32.2. The third kappa shape index (κ3) is 2.83. The molecule has 0 aliphatic rings. The Balaban J connectivity index is 2.08. The second-order valence-electron chi connectivity index (χ2n) is 4.55. The molecule has 2 heterocycles. The summed E-state index contributed by atoms with van der Waals surface area (Å²) >= 11 is 0. The normalized spacial score (nSPS) is 11.9. The third-order valence-electron chi connectivity index (χ3n) is 3.02. The van der Waals surface area contributed by atoms with Gasteiger partial charge in [-0.2, -0.15) is 10.2 Å². The van der Waals surface area contributed by atoms with Crippen LogP contribution in [0.25, 0.3) is 0 Å².